The third kappa shape index (κ3) is 10.1. The summed E-state index contributed by atoms with van der Waals surface area (Å²) in [6, 6.07) is 30.6. The maximum Gasteiger partial charge on any atom is 0.317 e. The molecule has 0 amide bonds. The zero-order valence-electron chi connectivity index (χ0n) is 23.4. The molecule has 3 rings (SSSR count). The van der Waals surface area contributed by atoms with Crippen LogP contribution in [0.3, 0.4) is 0 Å². The molecular formula is C36H44O2S. The number of rotatable bonds is 17. The molecule has 0 atom stereocenters. The first-order chi connectivity index (χ1) is 19.3. The molecule has 0 unspecified atom stereocenters. The fraction of sp³-hybridized carbons (Fsp3) is 0.306. The van der Waals surface area contributed by atoms with E-state index in [9.17, 15) is 4.79 Å². The molecule has 0 N–H and O–H groups in total. The molecule has 0 saturated heterocycles. The van der Waals surface area contributed by atoms with E-state index in [1.807, 2.05) is 54.6 Å². The molecule has 206 valence electrons. The van der Waals surface area contributed by atoms with Gasteiger partial charge in [-0.3, -0.25) is 4.79 Å². The topological polar surface area (TPSA) is 26.3 Å². The summed E-state index contributed by atoms with van der Waals surface area (Å²) >= 11 is 0. The molecule has 3 aromatic rings. The third-order valence-corrected chi connectivity index (χ3v) is 9.72. The van der Waals surface area contributed by atoms with Crippen LogP contribution in [0.1, 0.15) is 71.1 Å². The van der Waals surface area contributed by atoms with Crippen molar-refractivity contribution in [3.8, 4) is 0 Å². The monoisotopic (exact) mass is 540 g/mol. The number of benzene rings is 3. The Bertz CT molecular complexity index is 1050. The van der Waals surface area contributed by atoms with Gasteiger partial charge < -0.3 is 4.18 Å². The number of allylic oxidation sites excluding steroid dienone is 6. The normalized spacial score (nSPS) is 12.4. The highest BCUT2D eigenvalue weighted by Crippen LogP contribution is 2.69. The van der Waals surface area contributed by atoms with E-state index in [4.69, 9.17) is 4.18 Å². The van der Waals surface area contributed by atoms with Crippen LogP contribution in [0.5, 0.6) is 0 Å². The minimum Gasteiger partial charge on any atom is -0.402 e. The summed E-state index contributed by atoms with van der Waals surface area (Å²) in [5.74, 6) is -0.122. The van der Waals surface area contributed by atoms with Gasteiger partial charge in [0.1, 0.15) is 0 Å². The van der Waals surface area contributed by atoms with E-state index < -0.39 is 10.3 Å². The minimum absolute atomic E-state index is 0.122. The Balaban J connectivity index is 1.49. The van der Waals surface area contributed by atoms with Crippen molar-refractivity contribution < 1.29 is 8.98 Å². The first kappa shape index (κ1) is 30.2. The first-order valence-electron chi connectivity index (χ1n) is 14.4. The van der Waals surface area contributed by atoms with E-state index in [1.54, 1.807) is 0 Å². The van der Waals surface area contributed by atoms with Crippen molar-refractivity contribution in [3.63, 3.8) is 0 Å². The van der Waals surface area contributed by atoms with E-state index in [0.717, 1.165) is 59.6 Å². The molecule has 0 aliphatic carbocycles. The van der Waals surface area contributed by atoms with Crippen molar-refractivity contribution in [1.29, 1.82) is 0 Å². The van der Waals surface area contributed by atoms with E-state index in [2.05, 4.69) is 79.8 Å². The van der Waals surface area contributed by atoms with Crippen LogP contribution in [0.15, 0.2) is 142 Å². The number of hydrogen-bond donors (Lipinski definition) is 0. The molecule has 3 heteroatoms. The molecule has 0 saturated carbocycles. The van der Waals surface area contributed by atoms with Crippen LogP contribution in [0.2, 0.25) is 0 Å². The lowest BCUT2D eigenvalue weighted by atomic mass is 10.1. The molecule has 0 radical (unpaired) electrons. The summed E-state index contributed by atoms with van der Waals surface area (Å²) in [5.41, 5.74) is 0. The summed E-state index contributed by atoms with van der Waals surface area (Å²) < 4.78 is 6.54. The standard InChI is InChI=1S/C36H44O2S/c1-2-3-4-5-6-7-8-9-10-11-12-13-14-15-25-32-36(37)38-39(33-26-19-16-20-27-33,34-28-21-17-22-29-34)35-30-23-18-24-31-35/h3-4,6-7,9-10,16-24,26-31H,2,5,8,11-15,25,32H2,1H3/b4-3-,7-6-,10-9-. The predicted molar refractivity (Wildman–Crippen MR) is 167 cm³/mol. The highest BCUT2D eigenvalue weighted by atomic mass is 32.3. The van der Waals surface area contributed by atoms with E-state index >= 15 is 0 Å². The lowest BCUT2D eigenvalue weighted by Crippen LogP contribution is -2.13. The number of carbonyl (C=O) groups excluding carboxylic acids is 1. The second kappa shape index (κ2) is 18.1. The zero-order valence-corrected chi connectivity index (χ0v) is 24.2. The lowest BCUT2D eigenvalue weighted by molar-refractivity contribution is -0.133. The molecule has 0 fully saturated rings. The van der Waals surface area contributed by atoms with Crippen molar-refractivity contribution in [2.24, 2.45) is 0 Å². The van der Waals surface area contributed by atoms with Gasteiger partial charge in [0, 0.05) is 21.1 Å². The number of carbonyl (C=O) groups is 1. The molecule has 0 aliphatic rings. The van der Waals surface area contributed by atoms with Crippen LogP contribution in [0, 0.1) is 0 Å². The molecule has 39 heavy (non-hydrogen) atoms. The summed E-state index contributed by atoms with van der Waals surface area (Å²) in [6.45, 7) is 2.16. The Kier molecular flexibility index (Phi) is 14.0. The van der Waals surface area contributed by atoms with Crippen molar-refractivity contribution in [2.45, 2.75) is 85.8 Å². The fourth-order valence-corrected chi connectivity index (χ4v) is 7.55. The number of unbranched alkanes of at least 4 members (excludes halogenated alkanes) is 5. The highest BCUT2D eigenvalue weighted by molar-refractivity contribution is 8.30. The maximum atomic E-state index is 13.3. The van der Waals surface area contributed by atoms with Gasteiger partial charge in [-0.2, -0.15) is 0 Å². The first-order valence-corrected chi connectivity index (χ1v) is 16.0. The Hall–Kier alpha value is -3.30. The van der Waals surface area contributed by atoms with Crippen molar-refractivity contribution in [1.82, 2.24) is 0 Å². The predicted octanol–water partition coefficient (Wildman–Crippen LogP) is 11.0. The average molecular weight is 541 g/mol. The van der Waals surface area contributed by atoms with Crippen molar-refractivity contribution >= 4 is 16.3 Å². The Morgan fingerprint density at radius 1 is 0.590 bits per heavy atom. The lowest BCUT2D eigenvalue weighted by Gasteiger charge is -2.39. The van der Waals surface area contributed by atoms with Crippen LogP contribution in [-0.4, -0.2) is 5.97 Å². The van der Waals surface area contributed by atoms with Gasteiger partial charge in [0.2, 0.25) is 0 Å². The van der Waals surface area contributed by atoms with Gasteiger partial charge in [-0.25, -0.2) is 0 Å². The van der Waals surface area contributed by atoms with E-state index in [1.165, 1.54) is 12.8 Å². The summed E-state index contributed by atoms with van der Waals surface area (Å²) in [5, 5.41) is 0. The van der Waals surface area contributed by atoms with Gasteiger partial charge in [0.05, 0.1) is 0 Å². The Morgan fingerprint density at radius 3 is 1.54 bits per heavy atom. The molecule has 0 heterocycles. The molecule has 0 aromatic heterocycles. The van der Waals surface area contributed by atoms with Crippen molar-refractivity contribution in [2.75, 3.05) is 0 Å². The Morgan fingerprint density at radius 2 is 1.03 bits per heavy atom. The van der Waals surface area contributed by atoms with E-state index in [-0.39, 0.29) is 5.97 Å². The van der Waals surface area contributed by atoms with Crippen LogP contribution in [0.4, 0.5) is 0 Å². The quantitative estimate of drug-likeness (QED) is 0.126. The highest BCUT2D eigenvalue weighted by Gasteiger charge is 2.35. The van der Waals surface area contributed by atoms with E-state index in [0.29, 0.717) is 6.42 Å². The summed E-state index contributed by atoms with van der Waals surface area (Å²) in [4.78, 5) is 16.4. The van der Waals surface area contributed by atoms with Crippen LogP contribution < -0.4 is 0 Å². The summed E-state index contributed by atoms with van der Waals surface area (Å²) in [6.07, 6.45) is 23.6. The molecule has 0 bridgehead atoms. The van der Waals surface area contributed by atoms with Crippen LogP contribution in [-0.2, 0) is 8.98 Å². The SMILES string of the molecule is CC/C=C\C/C=C\C/C=C\CCCCCCCC(=O)OS(c1ccccc1)(c1ccccc1)c1ccccc1. The van der Waals surface area contributed by atoms with Gasteiger partial charge in [-0.05, 0) is 85.2 Å². The molecule has 0 aliphatic heterocycles. The van der Waals surface area contributed by atoms with Gasteiger partial charge in [0.25, 0.3) is 0 Å². The third-order valence-electron chi connectivity index (χ3n) is 6.48. The van der Waals surface area contributed by atoms with Gasteiger partial charge in [0.15, 0.2) is 0 Å². The molecule has 3 aromatic carbocycles. The Labute approximate surface area is 238 Å². The van der Waals surface area contributed by atoms with Crippen LogP contribution >= 0.6 is 10.3 Å². The second-order valence-corrected chi connectivity index (χ2v) is 12.2. The van der Waals surface area contributed by atoms with Gasteiger partial charge >= 0.3 is 5.97 Å². The smallest absolute Gasteiger partial charge is 0.317 e. The van der Waals surface area contributed by atoms with Gasteiger partial charge in [-0.15, -0.1) is 0 Å². The zero-order chi connectivity index (χ0) is 27.4. The number of hydrogen-bond acceptors (Lipinski definition) is 2. The largest absolute Gasteiger partial charge is 0.402 e. The maximum absolute atomic E-state index is 13.3. The fourth-order valence-electron chi connectivity index (χ4n) is 4.46. The summed E-state index contributed by atoms with van der Waals surface area (Å²) in [7, 11) is -2.17. The molecular weight excluding hydrogens is 496 g/mol. The van der Waals surface area contributed by atoms with Crippen molar-refractivity contribution in [3.05, 3.63) is 127 Å². The van der Waals surface area contributed by atoms with Gasteiger partial charge in [-0.1, -0.05) is 117 Å². The molecule has 0 spiro atoms. The average Bonchev–Trinajstić information content (AvgIpc) is 2.99. The minimum atomic E-state index is -2.17. The second-order valence-electron chi connectivity index (χ2n) is 9.55. The van der Waals surface area contributed by atoms with Crippen LogP contribution in [0.25, 0.3) is 0 Å². The molecule has 2 nitrogen and oxygen atoms in total.